The lowest BCUT2D eigenvalue weighted by Gasteiger charge is -2.24. The number of hydrogen-bond donors (Lipinski definition) is 2. The van der Waals surface area contributed by atoms with Gasteiger partial charge < -0.3 is 15.2 Å². The van der Waals surface area contributed by atoms with Crippen molar-refractivity contribution in [2.45, 2.75) is 45.1 Å². The number of nitrogens with one attached hydrogen (secondary N) is 1. The Morgan fingerprint density at radius 3 is 2.77 bits per heavy atom. The number of phenolic OH excluding ortho intramolecular Hbond substituents is 1. The summed E-state index contributed by atoms with van der Waals surface area (Å²) >= 11 is 0. The average Bonchev–Trinajstić information content (AvgIpc) is 3.03. The summed E-state index contributed by atoms with van der Waals surface area (Å²) in [6.45, 7) is 2.08. The molecule has 1 aromatic carbocycles. The second kappa shape index (κ2) is 6.90. The topological polar surface area (TPSA) is 58.8 Å². The highest BCUT2D eigenvalue weighted by Crippen LogP contribution is 2.36. The number of aromatic hydroxyl groups is 1. The Balaban J connectivity index is 1.84. The number of rotatable bonds is 4. The smallest absolute Gasteiger partial charge is 0.161 e. The highest BCUT2D eigenvalue weighted by molar-refractivity contribution is 5.79. The van der Waals surface area contributed by atoms with Crippen LogP contribution in [0.3, 0.4) is 0 Å². The van der Waals surface area contributed by atoms with Gasteiger partial charge in [0.2, 0.25) is 0 Å². The molecule has 26 heavy (non-hydrogen) atoms. The largest absolute Gasteiger partial charge is 0.504 e. The first-order valence-electron chi connectivity index (χ1n) is 9.29. The van der Waals surface area contributed by atoms with Crippen molar-refractivity contribution in [2.75, 3.05) is 12.4 Å². The highest BCUT2D eigenvalue weighted by atomic mass is 16.5. The molecule has 0 spiro atoms. The first kappa shape index (κ1) is 16.8. The van der Waals surface area contributed by atoms with Gasteiger partial charge in [0.05, 0.1) is 7.11 Å². The SMILES string of the molecule is COc1cc(-c2nc3c(C)cccn3c2NC2CCCCC2)ccc1O. The van der Waals surface area contributed by atoms with Crippen LogP contribution in [0.1, 0.15) is 37.7 Å². The zero-order valence-corrected chi connectivity index (χ0v) is 15.3. The van der Waals surface area contributed by atoms with Gasteiger partial charge in [0, 0.05) is 17.8 Å². The summed E-state index contributed by atoms with van der Waals surface area (Å²) in [6, 6.07) is 10.0. The Bertz CT molecular complexity index is 926. The molecule has 0 atom stereocenters. The average molecular weight is 351 g/mol. The van der Waals surface area contributed by atoms with Crippen LogP contribution in [0, 0.1) is 6.92 Å². The number of aryl methyl sites for hydroxylation is 1. The van der Waals surface area contributed by atoms with Gasteiger partial charge in [0.1, 0.15) is 17.2 Å². The van der Waals surface area contributed by atoms with Gasteiger partial charge in [-0.25, -0.2) is 4.98 Å². The van der Waals surface area contributed by atoms with E-state index >= 15 is 0 Å². The highest BCUT2D eigenvalue weighted by Gasteiger charge is 2.21. The third kappa shape index (κ3) is 2.98. The number of ether oxygens (including phenoxy) is 1. The molecule has 2 aromatic heterocycles. The molecule has 2 heterocycles. The van der Waals surface area contributed by atoms with Gasteiger partial charge in [-0.15, -0.1) is 0 Å². The van der Waals surface area contributed by atoms with Gasteiger partial charge in [0.25, 0.3) is 0 Å². The number of hydrogen-bond acceptors (Lipinski definition) is 4. The summed E-state index contributed by atoms with van der Waals surface area (Å²) in [6.07, 6.45) is 8.31. The molecule has 5 heteroatoms. The van der Waals surface area contributed by atoms with Gasteiger partial charge in [-0.2, -0.15) is 0 Å². The van der Waals surface area contributed by atoms with Crippen molar-refractivity contribution in [1.82, 2.24) is 9.38 Å². The van der Waals surface area contributed by atoms with Crippen molar-refractivity contribution >= 4 is 11.5 Å². The number of nitrogens with zero attached hydrogens (tertiary/aromatic N) is 2. The maximum absolute atomic E-state index is 9.93. The number of imidazole rings is 1. The summed E-state index contributed by atoms with van der Waals surface area (Å²) in [5.41, 5.74) is 3.91. The lowest BCUT2D eigenvalue weighted by atomic mass is 9.95. The predicted octanol–water partition coefficient (Wildman–Crippen LogP) is 4.77. The molecular formula is C21H25N3O2. The van der Waals surface area contributed by atoms with Crippen molar-refractivity contribution in [2.24, 2.45) is 0 Å². The molecule has 0 bridgehead atoms. The molecule has 4 rings (SSSR count). The van der Waals surface area contributed by atoms with Crippen LogP contribution in [0.25, 0.3) is 16.9 Å². The minimum absolute atomic E-state index is 0.137. The van der Waals surface area contributed by atoms with Crippen LogP contribution in [0.4, 0.5) is 5.82 Å². The molecule has 3 aromatic rings. The first-order valence-corrected chi connectivity index (χ1v) is 9.29. The van der Waals surface area contributed by atoms with Crippen LogP contribution < -0.4 is 10.1 Å². The Morgan fingerprint density at radius 1 is 1.19 bits per heavy atom. The summed E-state index contributed by atoms with van der Waals surface area (Å²) in [5.74, 6) is 1.61. The number of pyridine rings is 1. The van der Waals surface area contributed by atoms with Gasteiger partial charge >= 0.3 is 0 Å². The number of aromatic nitrogens is 2. The number of anilines is 1. The van der Waals surface area contributed by atoms with Gasteiger partial charge in [-0.05, 0) is 49.6 Å². The van der Waals surface area contributed by atoms with E-state index in [-0.39, 0.29) is 5.75 Å². The summed E-state index contributed by atoms with van der Waals surface area (Å²) in [4.78, 5) is 4.92. The minimum Gasteiger partial charge on any atom is -0.504 e. The van der Waals surface area contributed by atoms with Crippen molar-refractivity contribution in [3.8, 4) is 22.8 Å². The number of phenols is 1. The molecule has 0 aliphatic heterocycles. The minimum atomic E-state index is 0.137. The van der Waals surface area contributed by atoms with Gasteiger partial charge in [-0.1, -0.05) is 25.3 Å². The lowest BCUT2D eigenvalue weighted by molar-refractivity contribution is 0.373. The zero-order chi connectivity index (χ0) is 18.1. The van der Waals surface area contributed by atoms with Crippen LogP contribution in [-0.2, 0) is 0 Å². The van der Waals surface area contributed by atoms with E-state index < -0.39 is 0 Å². The second-order valence-electron chi connectivity index (χ2n) is 7.06. The van der Waals surface area contributed by atoms with Crippen LogP contribution in [0.5, 0.6) is 11.5 Å². The van der Waals surface area contributed by atoms with E-state index in [1.807, 2.05) is 12.1 Å². The maximum Gasteiger partial charge on any atom is 0.161 e. The van der Waals surface area contributed by atoms with E-state index in [4.69, 9.17) is 9.72 Å². The van der Waals surface area contributed by atoms with E-state index in [0.717, 1.165) is 28.3 Å². The fourth-order valence-corrected chi connectivity index (χ4v) is 3.81. The van der Waals surface area contributed by atoms with E-state index in [1.165, 1.54) is 32.1 Å². The Hall–Kier alpha value is -2.69. The Morgan fingerprint density at radius 2 is 2.00 bits per heavy atom. The normalized spacial score (nSPS) is 15.3. The second-order valence-corrected chi connectivity index (χ2v) is 7.06. The first-order chi connectivity index (χ1) is 12.7. The maximum atomic E-state index is 9.93. The number of methoxy groups -OCH3 is 1. The number of fused-ring (bicyclic) bond motifs is 1. The van der Waals surface area contributed by atoms with Crippen LogP contribution in [-0.4, -0.2) is 27.6 Å². The third-order valence-electron chi connectivity index (χ3n) is 5.24. The fourth-order valence-electron chi connectivity index (χ4n) is 3.81. The molecule has 1 saturated carbocycles. The van der Waals surface area contributed by atoms with Crippen LogP contribution in [0.15, 0.2) is 36.5 Å². The fraction of sp³-hybridized carbons (Fsp3) is 0.381. The lowest BCUT2D eigenvalue weighted by Crippen LogP contribution is -2.23. The van der Waals surface area contributed by atoms with Crippen molar-refractivity contribution in [1.29, 1.82) is 0 Å². The predicted molar refractivity (Wildman–Crippen MR) is 104 cm³/mol. The molecule has 1 aliphatic rings. The van der Waals surface area contributed by atoms with E-state index in [0.29, 0.717) is 11.8 Å². The van der Waals surface area contributed by atoms with Gasteiger partial charge in [-0.3, -0.25) is 4.40 Å². The third-order valence-corrected chi connectivity index (χ3v) is 5.24. The molecule has 1 fully saturated rings. The Kier molecular flexibility index (Phi) is 4.45. The summed E-state index contributed by atoms with van der Waals surface area (Å²) < 4.78 is 7.43. The van der Waals surface area contributed by atoms with Crippen molar-refractivity contribution < 1.29 is 9.84 Å². The molecule has 136 valence electrons. The molecule has 0 amide bonds. The quantitative estimate of drug-likeness (QED) is 0.711. The van der Waals surface area contributed by atoms with Gasteiger partial charge in [0.15, 0.2) is 11.5 Å². The summed E-state index contributed by atoms with van der Waals surface area (Å²) in [5, 5.41) is 13.7. The van der Waals surface area contributed by atoms with Crippen molar-refractivity contribution in [3.05, 3.63) is 42.1 Å². The summed E-state index contributed by atoms with van der Waals surface area (Å²) in [7, 11) is 1.56. The van der Waals surface area contributed by atoms with Crippen LogP contribution in [0.2, 0.25) is 0 Å². The molecule has 2 N–H and O–H groups in total. The van der Waals surface area contributed by atoms with E-state index in [1.54, 1.807) is 13.2 Å². The zero-order valence-electron chi connectivity index (χ0n) is 15.3. The molecule has 1 aliphatic carbocycles. The number of benzene rings is 1. The monoisotopic (exact) mass is 351 g/mol. The molecule has 0 radical (unpaired) electrons. The van der Waals surface area contributed by atoms with Crippen molar-refractivity contribution in [3.63, 3.8) is 0 Å². The Labute approximate surface area is 153 Å². The molecule has 5 nitrogen and oxygen atoms in total. The van der Waals surface area contributed by atoms with Crippen LogP contribution >= 0.6 is 0 Å². The van der Waals surface area contributed by atoms with E-state index in [2.05, 4.69) is 35.0 Å². The standard InChI is InChI=1S/C21H25N3O2/c1-14-7-6-12-24-20(14)23-19(15-10-11-17(25)18(13-15)26-2)21(24)22-16-8-4-3-5-9-16/h6-7,10-13,16,22,25H,3-5,8-9H2,1-2H3. The molecule has 0 saturated heterocycles. The molecular weight excluding hydrogens is 326 g/mol. The molecule has 0 unspecified atom stereocenters. The van der Waals surface area contributed by atoms with E-state index in [9.17, 15) is 5.11 Å².